The molecule has 0 bridgehead atoms. The van der Waals surface area contributed by atoms with Crippen LogP contribution in [0.2, 0.25) is 0 Å². The van der Waals surface area contributed by atoms with E-state index >= 15 is 0 Å². The van der Waals surface area contributed by atoms with Crippen LogP contribution in [-0.2, 0) is 6.54 Å². The molecule has 1 atom stereocenters. The summed E-state index contributed by atoms with van der Waals surface area (Å²) in [6, 6.07) is 16.8. The number of H-pyrrole nitrogens is 1. The molecule has 26 heavy (non-hydrogen) atoms. The first kappa shape index (κ1) is 17.0. The van der Waals surface area contributed by atoms with Crippen LogP contribution in [0.1, 0.15) is 37.3 Å². The highest BCUT2D eigenvalue weighted by molar-refractivity contribution is 5.83. The molecule has 1 aliphatic heterocycles. The molecule has 0 unspecified atom stereocenters. The van der Waals surface area contributed by atoms with Gasteiger partial charge >= 0.3 is 0 Å². The van der Waals surface area contributed by atoms with Crippen LogP contribution in [0.25, 0.3) is 22.2 Å². The molecule has 3 heteroatoms. The molecule has 0 spiro atoms. The summed E-state index contributed by atoms with van der Waals surface area (Å²) in [5.74, 6) is 0. The van der Waals surface area contributed by atoms with Gasteiger partial charge in [0.15, 0.2) is 5.43 Å². The highest BCUT2D eigenvalue weighted by Gasteiger charge is 2.22. The summed E-state index contributed by atoms with van der Waals surface area (Å²) in [7, 11) is 0. The number of rotatable bonds is 3. The first-order valence-corrected chi connectivity index (χ1v) is 9.58. The zero-order chi connectivity index (χ0) is 18.1. The zero-order valence-electron chi connectivity index (χ0n) is 15.6. The molecule has 134 valence electrons. The van der Waals surface area contributed by atoms with E-state index in [4.69, 9.17) is 0 Å². The third-order valence-corrected chi connectivity index (χ3v) is 5.62. The monoisotopic (exact) mass is 346 g/mol. The summed E-state index contributed by atoms with van der Waals surface area (Å²) in [5.41, 5.74) is 5.13. The van der Waals surface area contributed by atoms with Crippen molar-refractivity contribution in [3.05, 3.63) is 69.9 Å². The average Bonchev–Trinajstić information content (AvgIpc) is 2.66. The van der Waals surface area contributed by atoms with Crippen LogP contribution in [0, 0.1) is 6.92 Å². The largest absolute Gasteiger partial charge is 0.354 e. The maximum absolute atomic E-state index is 13.4. The molecule has 4 rings (SSSR count). The standard InChI is InChI=1S/C23H26N2O/c1-16-11-12-21-19(14-16)23(26)20(15-25-13-7-6-8-17(25)2)22(24-21)18-9-4-3-5-10-18/h3-5,9-12,14,17H,6-8,13,15H2,1-2H3,(H,24,26)/t17-/m0/s1. The van der Waals surface area contributed by atoms with Crippen molar-refractivity contribution in [2.24, 2.45) is 0 Å². The second kappa shape index (κ2) is 7.08. The van der Waals surface area contributed by atoms with Gasteiger partial charge < -0.3 is 4.98 Å². The molecule has 1 saturated heterocycles. The summed E-state index contributed by atoms with van der Waals surface area (Å²) in [4.78, 5) is 19.4. The Morgan fingerprint density at radius 1 is 1.12 bits per heavy atom. The number of hydrogen-bond donors (Lipinski definition) is 1. The minimum atomic E-state index is 0.166. The van der Waals surface area contributed by atoms with Gasteiger partial charge in [-0.15, -0.1) is 0 Å². The van der Waals surface area contributed by atoms with Gasteiger partial charge in [-0.3, -0.25) is 9.69 Å². The van der Waals surface area contributed by atoms with Crippen LogP contribution in [0.3, 0.4) is 0 Å². The number of pyridine rings is 1. The van der Waals surface area contributed by atoms with Crippen LogP contribution < -0.4 is 5.43 Å². The molecule has 0 saturated carbocycles. The number of aromatic amines is 1. The lowest BCUT2D eigenvalue weighted by molar-refractivity contribution is 0.152. The van der Waals surface area contributed by atoms with Crippen molar-refractivity contribution in [3.63, 3.8) is 0 Å². The van der Waals surface area contributed by atoms with Crippen LogP contribution >= 0.6 is 0 Å². The van der Waals surface area contributed by atoms with Crippen molar-refractivity contribution >= 4 is 10.9 Å². The molecule has 2 heterocycles. The summed E-state index contributed by atoms with van der Waals surface area (Å²) >= 11 is 0. The lowest BCUT2D eigenvalue weighted by atomic mass is 9.98. The number of likely N-dealkylation sites (tertiary alicyclic amines) is 1. The molecule has 3 aromatic rings. The number of hydrogen-bond acceptors (Lipinski definition) is 2. The smallest absolute Gasteiger partial charge is 0.194 e. The van der Waals surface area contributed by atoms with E-state index < -0.39 is 0 Å². The Labute approximate surface area is 154 Å². The molecule has 1 N–H and O–H groups in total. The van der Waals surface area contributed by atoms with Gasteiger partial charge in [0.1, 0.15) is 0 Å². The van der Waals surface area contributed by atoms with Crippen molar-refractivity contribution in [3.8, 4) is 11.3 Å². The Morgan fingerprint density at radius 2 is 1.92 bits per heavy atom. The number of piperidine rings is 1. The van der Waals surface area contributed by atoms with E-state index in [-0.39, 0.29) is 5.43 Å². The van der Waals surface area contributed by atoms with Crippen molar-refractivity contribution < 1.29 is 0 Å². The number of aryl methyl sites for hydroxylation is 1. The van der Waals surface area contributed by atoms with Gasteiger partial charge in [0.25, 0.3) is 0 Å². The fraction of sp³-hybridized carbons (Fsp3) is 0.348. The van der Waals surface area contributed by atoms with E-state index in [0.29, 0.717) is 12.6 Å². The summed E-state index contributed by atoms with van der Waals surface area (Å²) < 4.78 is 0. The van der Waals surface area contributed by atoms with Crippen LogP contribution in [0.5, 0.6) is 0 Å². The predicted molar refractivity (Wildman–Crippen MR) is 108 cm³/mol. The third-order valence-electron chi connectivity index (χ3n) is 5.62. The molecule has 2 aromatic carbocycles. The van der Waals surface area contributed by atoms with Gasteiger partial charge in [-0.1, -0.05) is 48.4 Å². The van der Waals surface area contributed by atoms with E-state index in [1.165, 1.54) is 19.3 Å². The van der Waals surface area contributed by atoms with Crippen molar-refractivity contribution in [1.82, 2.24) is 9.88 Å². The molecular weight excluding hydrogens is 320 g/mol. The topological polar surface area (TPSA) is 36.1 Å². The van der Waals surface area contributed by atoms with Gasteiger partial charge in [0.05, 0.1) is 5.69 Å². The molecule has 0 amide bonds. The van der Waals surface area contributed by atoms with E-state index in [1.54, 1.807) is 0 Å². The van der Waals surface area contributed by atoms with E-state index in [9.17, 15) is 4.79 Å². The summed E-state index contributed by atoms with van der Waals surface area (Å²) in [6.45, 7) is 6.10. The fourth-order valence-corrected chi connectivity index (χ4v) is 4.04. The molecule has 1 aromatic heterocycles. The molecule has 1 aliphatic rings. The van der Waals surface area contributed by atoms with Crippen LogP contribution in [0.15, 0.2) is 53.3 Å². The Morgan fingerprint density at radius 3 is 2.69 bits per heavy atom. The minimum Gasteiger partial charge on any atom is -0.354 e. The second-order valence-corrected chi connectivity index (χ2v) is 7.54. The molecule has 0 radical (unpaired) electrons. The highest BCUT2D eigenvalue weighted by atomic mass is 16.1. The molecular formula is C23H26N2O. The first-order valence-electron chi connectivity index (χ1n) is 9.58. The van der Waals surface area contributed by atoms with Gasteiger partial charge in [-0.2, -0.15) is 0 Å². The highest BCUT2D eigenvalue weighted by Crippen LogP contribution is 2.26. The number of nitrogens with zero attached hydrogens (tertiary/aromatic N) is 1. The second-order valence-electron chi connectivity index (χ2n) is 7.54. The van der Waals surface area contributed by atoms with E-state index in [2.05, 4.69) is 35.0 Å². The van der Waals surface area contributed by atoms with Gasteiger partial charge in [-0.05, 0) is 50.9 Å². The average molecular weight is 346 g/mol. The number of benzene rings is 2. The molecule has 1 fully saturated rings. The van der Waals surface area contributed by atoms with Gasteiger partial charge in [0, 0.05) is 29.1 Å². The summed E-state index contributed by atoms with van der Waals surface area (Å²) in [6.07, 6.45) is 3.72. The maximum Gasteiger partial charge on any atom is 0.194 e. The predicted octanol–water partition coefficient (Wildman–Crippen LogP) is 4.88. The molecule has 3 nitrogen and oxygen atoms in total. The lowest BCUT2D eigenvalue weighted by Gasteiger charge is -2.33. The SMILES string of the molecule is Cc1ccc2[nH]c(-c3ccccc3)c(CN3CCCC[C@@H]3C)c(=O)c2c1. The van der Waals surface area contributed by atoms with Gasteiger partial charge in [-0.25, -0.2) is 0 Å². The number of nitrogens with one attached hydrogen (secondary N) is 1. The van der Waals surface area contributed by atoms with Crippen LogP contribution in [-0.4, -0.2) is 22.5 Å². The van der Waals surface area contributed by atoms with Gasteiger partial charge in [0.2, 0.25) is 0 Å². The fourth-order valence-electron chi connectivity index (χ4n) is 4.04. The lowest BCUT2D eigenvalue weighted by Crippen LogP contribution is -2.38. The quantitative estimate of drug-likeness (QED) is 0.734. The number of fused-ring (bicyclic) bond motifs is 1. The normalized spacial score (nSPS) is 18.3. The maximum atomic E-state index is 13.4. The van der Waals surface area contributed by atoms with Crippen molar-refractivity contribution in [1.29, 1.82) is 0 Å². The van der Waals surface area contributed by atoms with Crippen LogP contribution in [0.4, 0.5) is 0 Å². The zero-order valence-corrected chi connectivity index (χ0v) is 15.6. The Bertz CT molecular complexity index is 975. The van der Waals surface area contributed by atoms with E-state index in [1.807, 2.05) is 37.3 Å². The van der Waals surface area contributed by atoms with E-state index in [0.717, 1.165) is 39.8 Å². The Hall–Kier alpha value is -2.39. The first-order chi connectivity index (χ1) is 12.6. The Balaban J connectivity index is 1.90. The number of aromatic nitrogens is 1. The third kappa shape index (κ3) is 3.19. The minimum absolute atomic E-state index is 0.166. The van der Waals surface area contributed by atoms with Crippen molar-refractivity contribution in [2.75, 3.05) is 6.54 Å². The van der Waals surface area contributed by atoms with Crippen molar-refractivity contribution in [2.45, 2.75) is 45.7 Å². The Kier molecular flexibility index (Phi) is 4.64. The summed E-state index contributed by atoms with van der Waals surface area (Å²) in [5, 5.41) is 0.796. The molecule has 0 aliphatic carbocycles.